The lowest BCUT2D eigenvalue weighted by atomic mass is 9.79. The minimum atomic E-state index is -0.179. The van der Waals surface area contributed by atoms with Crippen molar-refractivity contribution < 1.29 is 19.1 Å². The molecule has 2 aliphatic heterocycles. The monoisotopic (exact) mass is 452 g/mol. The lowest BCUT2D eigenvalue weighted by molar-refractivity contribution is -0.137. The van der Waals surface area contributed by atoms with Crippen LogP contribution in [-0.2, 0) is 27.4 Å². The van der Waals surface area contributed by atoms with Crippen molar-refractivity contribution in [3.63, 3.8) is 0 Å². The summed E-state index contributed by atoms with van der Waals surface area (Å²) < 4.78 is 11.2. The fourth-order valence-corrected chi connectivity index (χ4v) is 4.85. The third-order valence-electron chi connectivity index (χ3n) is 6.31. The maximum atomic E-state index is 13.2. The highest BCUT2D eigenvalue weighted by atomic mass is 32.1. The first-order chi connectivity index (χ1) is 15.6. The normalized spacial score (nSPS) is 26.8. The number of carbonyl (C=O) groups is 2. The van der Waals surface area contributed by atoms with Crippen LogP contribution in [0.5, 0.6) is 0 Å². The van der Waals surface area contributed by atoms with E-state index in [4.69, 9.17) is 21.7 Å². The van der Waals surface area contributed by atoms with E-state index >= 15 is 0 Å². The molecule has 2 amide bonds. The second kappa shape index (κ2) is 8.93. The van der Waals surface area contributed by atoms with Gasteiger partial charge in [-0.05, 0) is 54.4 Å². The maximum Gasteiger partial charge on any atom is 0.251 e. The van der Waals surface area contributed by atoms with Crippen molar-refractivity contribution >= 4 is 29.1 Å². The number of carbonyl (C=O) groups excluding carboxylic acids is 2. The van der Waals surface area contributed by atoms with Crippen LogP contribution < -0.4 is 10.6 Å². The molecule has 8 nitrogen and oxygen atoms in total. The number of pyridine rings is 1. The van der Waals surface area contributed by atoms with Gasteiger partial charge in [-0.1, -0.05) is 18.2 Å². The Morgan fingerprint density at radius 1 is 1.16 bits per heavy atom. The van der Waals surface area contributed by atoms with Crippen LogP contribution in [0.4, 0.5) is 0 Å². The van der Waals surface area contributed by atoms with E-state index in [9.17, 15) is 9.59 Å². The van der Waals surface area contributed by atoms with Crippen molar-refractivity contribution in [2.75, 3.05) is 6.79 Å². The zero-order valence-corrected chi connectivity index (χ0v) is 18.2. The fraction of sp³-hybridized carbons (Fsp3) is 0.391. The van der Waals surface area contributed by atoms with Gasteiger partial charge in [0.15, 0.2) is 5.11 Å². The highest BCUT2D eigenvalue weighted by molar-refractivity contribution is 7.80. The molecule has 0 radical (unpaired) electrons. The molecule has 4 unspecified atom stereocenters. The smallest absolute Gasteiger partial charge is 0.251 e. The van der Waals surface area contributed by atoms with Gasteiger partial charge in [-0.25, -0.2) is 0 Å². The van der Waals surface area contributed by atoms with E-state index in [-0.39, 0.29) is 36.0 Å². The van der Waals surface area contributed by atoms with Gasteiger partial charge < -0.3 is 20.1 Å². The van der Waals surface area contributed by atoms with Crippen molar-refractivity contribution in [1.29, 1.82) is 0 Å². The molecule has 3 fully saturated rings. The summed E-state index contributed by atoms with van der Waals surface area (Å²) in [5.41, 5.74) is 2.39. The Labute approximate surface area is 191 Å². The molecule has 0 bridgehead atoms. The summed E-state index contributed by atoms with van der Waals surface area (Å²) in [6, 6.07) is 11.0. The number of aromatic nitrogens is 1. The van der Waals surface area contributed by atoms with E-state index in [1.807, 2.05) is 24.3 Å². The Kier molecular flexibility index (Phi) is 5.86. The zero-order chi connectivity index (χ0) is 22.1. The Morgan fingerprint density at radius 3 is 2.69 bits per heavy atom. The van der Waals surface area contributed by atoms with E-state index < -0.39 is 0 Å². The number of thiocarbonyl (C=S) groups is 1. The molecule has 3 aliphatic rings. The zero-order valence-electron chi connectivity index (χ0n) is 17.4. The minimum Gasteiger partial charge on any atom is -0.359 e. The second-order valence-corrected chi connectivity index (χ2v) is 8.71. The summed E-state index contributed by atoms with van der Waals surface area (Å²) in [7, 11) is 0. The molecule has 0 spiro atoms. The fourth-order valence-electron chi connectivity index (χ4n) is 4.55. The van der Waals surface area contributed by atoms with Crippen molar-refractivity contribution in [2.24, 2.45) is 5.92 Å². The van der Waals surface area contributed by atoms with Gasteiger partial charge in [-0.3, -0.25) is 19.5 Å². The van der Waals surface area contributed by atoms with Gasteiger partial charge in [0, 0.05) is 30.5 Å². The molecule has 2 saturated heterocycles. The molecular weight excluding hydrogens is 428 g/mol. The summed E-state index contributed by atoms with van der Waals surface area (Å²) >= 11 is 5.49. The molecular formula is C23H24N4O4S. The molecule has 4 atom stereocenters. The van der Waals surface area contributed by atoms with Gasteiger partial charge in [-0.2, -0.15) is 0 Å². The highest BCUT2D eigenvalue weighted by Gasteiger charge is 2.48. The number of hydrogen-bond acceptors (Lipinski definition) is 6. The Hall–Kier alpha value is -2.88. The number of nitrogens with one attached hydrogen (secondary N) is 2. The highest BCUT2D eigenvalue weighted by Crippen LogP contribution is 2.35. The number of amides is 2. The van der Waals surface area contributed by atoms with Crippen LogP contribution in [0.3, 0.4) is 0 Å². The lowest BCUT2D eigenvalue weighted by Gasteiger charge is -2.44. The average molecular weight is 453 g/mol. The second-order valence-electron chi connectivity index (χ2n) is 8.33. The van der Waals surface area contributed by atoms with Gasteiger partial charge in [0.25, 0.3) is 5.91 Å². The quantitative estimate of drug-likeness (QED) is 0.668. The van der Waals surface area contributed by atoms with Gasteiger partial charge in [-0.15, -0.1) is 0 Å². The molecule has 1 saturated carbocycles. The summed E-state index contributed by atoms with van der Waals surface area (Å²) in [6.45, 7) is 1.06. The Bertz CT molecular complexity index is 1020. The average Bonchev–Trinajstić information content (AvgIpc) is 3.28. The Balaban J connectivity index is 1.21. The van der Waals surface area contributed by atoms with Crippen LogP contribution in [0.15, 0.2) is 48.8 Å². The van der Waals surface area contributed by atoms with Gasteiger partial charge in [0.05, 0.1) is 24.7 Å². The van der Waals surface area contributed by atoms with Gasteiger partial charge in [0.1, 0.15) is 6.79 Å². The molecule has 9 heteroatoms. The van der Waals surface area contributed by atoms with Crippen molar-refractivity contribution in [3.8, 4) is 0 Å². The third-order valence-corrected chi connectivity index (χ3v) is 6.65. The molecule has 1 aromatic carbocycles. The summed E-state index contributed by atoms with van der Waals surface area (Å²) in [6.07, 6.45) is 4.77. The van der Waals surface area contributed by atoms with Crippen molar-refractivity contribution in [1.82, 2.24) is 20.5 Å². The summed E-state index contributed by atoms with van der Waals surface area (Å²) in [5, 5.41) is 6.65. The first-order valence-electron chi connectivity index (χ1n) is 10.7. The Morgan fingerprint density at radius 2 is 1.94 bits per heavy atom. The summed E-state index contributed by atoms with van der Waals surface area (Å²) in [5.74, 6) is -0.321. The van der Waals surface area contributed by atoms with E-state index in [0.717, 1.165) is 17.5 Å². The first kappa shape index (κ1) is 21.0. The van der Waals surface area contributed by atoms with Gasteiger partial charge >= 0.3 is 0 Å². The van der Waals surface area contributed by atoms with Crippen LogP contribution in [0.2, 0.25) is 0 Å². The standard InChI is InChI=1S/C23H24N4O4S/c28-21(25-11-15-2-1-7-24-10-15)16-5-3-14(4-6-16)12-27-22(29)17-8-19-20(31-13-30-19)9-18(17)26-23(27)32/h1-7,10,17-20H,8-9,11-13H2,(H,25,28)(H,26,32). The molecule has 5 rings (SSSR count). The molecule has 2 aromatic rings. The predicted octanol–water partition coefficient (Wildman–Crippen LogP) is 1.75. The number of fused-ring (bicyclic) bond motifs is 2. The van der Waals surface area contributed by atoms with Crippen LogP contribution >= 0.6 is 12.2 Å². The largest absolute Gasteiger partial charge is 0.359 e. The van der Waals surface area contributed by atoms with Gasteiger partial charge in [0.2, 0.25) is 5.91 Å². The third kappa shape index (κ3) is 4.23. The van der Waals surface area contributed by atoms with Crippen molar-refractivity contribution in [2.45, 2.75) is 44.2 Å². The van der Waals surface area contributed by atoms with Crippen LogP contribution in [0.25, 0.3) is 0 Å². The molecule has 1 aromatic heterocycles. The first-order valence-corrected chi connectivity index (χ1v) is 11.1. The molecule has 1 aliphatic carbocycles. The number of ether oxygens (including phenoxy) is 2. The van der Waals surface area contributed by atoms with E-state index in [0.29, 0.717) is 37.0 Å². The molecule has 166 valence electrons. The minimum absolute atomic E-state index is 0.0138. The van der Waals surface area contributed by atoms with E-state index in [1.165, 1.54) is 0 Å². The van der Waals surface area contributed by atoms with Crippen LogP contribution in [0.1, 0.15) is 34.3 Å². The topological polar surface area (TPSA) is 92.8 Å². The molecule has 32 heavy (non-hydrogen) atoms. The number of nitrogens with zero attached hydrogens (tertiary/aromatic N) is 2. The SMILES string of the molecule is O=C(NCc1cccnc1)c1ccc(CN2C(=O)C3CC4OCOC4CC3NC2=S)cc1. The maximum absolute atomic E-state index is 13.2. The summed E-state index contributed by atoms with van der Waals surface area (Å²) in [4.78, 5) is 31.3. The predicted molar refractivity (Wildman–Crippen MR) is 119 cm³/mol. The van der Waals surface area contributed by atoms with Crippen LogP contribution in [-0.4, -0.2) is 51.9 Å². The van der Waals surface area contributed by atoms with Crippen LogP contribution in [0, 0.1) is 5.92 Å². The number of hydrogen-bond donors (Lipinski definition) is 2. The molecule has 2 N–H and O–H groups in total. The lowest BCUT2D eigenvalue weighted by Crippen LogP contribution is -2.63. The molecule has 3 heterocycles. The van der Waals surface area contributed by atoms with E-state index in [1.54, 1.807) is 29.4 Å². The number of benzene rings is 1. The van der Waals surface area contributed by atoms with Crippen molar-refractivity contribution in [3.05, 3.63) is 65.5 Å². The number of rotatable bonds is 5. The van der Waals surface area contributed by atoms with E-state index in [2.05, 4.69) is 15.6 Å².